The Labute approximate surface area is 111 Å². The van der Waals surface area contributed by atoms with Gasteiger partial charge in [0, 0.05) is 11.8 Å². The Kier molecular flexibility index (Phi) is 4.50. The van der Waals surface area contributed by atoms with E-state index < -0.39 is 33.3 Å². The van der Waals surface area contributed by atoms with Crippen LogP contribution in [-0.4, -0.2) is 15.2 Å². The molecular weight excluding hydrogens is 282 g/mol. The number of hydrogen-bond donors (Lipinski definition) is 0. The van der Waals surface area contributed by atoms with E-state index in [9.17, 15) is 21.8 Å². The molecule has 0 amide bonds. The number of nitrogens with zero attached hydrogens (tertiary/aromatic N) is 1. The summed E-state index contributed by atoms with van der Waals surface area (Å²) in [5.41, 5.74) is -1.32. The van der Waals surface area contributed by atoms with Crippen LogP contribution in [0.2, 0.25) is 0 Å². The minimum atomic E-state index is -4.56. The maximum absolute atomic E-state index is 13.3. The SMILES string of the molecule is CC(C)(C)[S@@](=O)N=Cc1cc(C(F)(F)F)ccc1F. The third-order valence-corrected chi connectivity index (χ3v) is 3.48. The second-order valence-electron chi connectivity index (χ2n) is 4.83. The molecule has 0 heterocycles. The summed E-state index contributed by atoms with van der Waals surface area (Å²) in [6.07, 6.45) is -3.69. The predicted molar refractivity (Wildman–Crippen MR) is 66.9 cm³/mol. The lowest BCUT2D eigenvalue weighted by molar-refractivity contribution is -0.137. The molecule has 0 aromatic heterocycles. The van der Waals surface area contributed by atoms with Gasteiger partial charge >= 0.3 is 6.18 Å². The fourth-order valence-electron chi connectivity index (χ4n) is 1.08. The van der Waals surface area contributed by atoms with Gasteiger partial charge in [-0.1, -0.05) is 0 Å². The van der Waals surface area contributed by atoms with Crippen LogP contribution >= 0.6 is 0 Å². The molecule has 0 saturated carbocycles. The van der Waals surface area contributed by atoms with Crippen LogP contribution in [0, 0.1) is 5.82 Å². The molecule has 19 heavy (non-hydrogen) atoms. The van der Waals surface area contributed by atoms with E-state index in [1.165, 1.54) is 0 Å². The van der Waals surface area contributed by atoms with E-state index in [0.717, 1.165) is 6.21 Å². The molecule has 0 bridgehead atoms. The first-order valence-corrected chi connectivity index (χ1v) is 6.45. The Hall–Kier alpha value is -1.24. The minimum Gasteiger partial charge on any atom is -0.234 e. The lowest BCUT2D eigenvalue weighted by atomic mass is 10.1. The summed E-state index contributed by atoms with van der Waals surface area (Å²) in [5.74, 6) is -0.845. The van der Waals surface area contributed by atoms with Crippen molar-refractivity contribution in [1.82, 2.24) is 0 Å². The van der Waals surface area contributed by atoms with E-state index in [1.807, 2.05) is 0 Å². The lowest BCUT2D eigenvalue weighted by Gasteiger charge is -2.13. The molecular formula is C12H13F4NOS. The van der Waals surface area contributed by atoms with Crippen LogP contribution in [-0.2, 0) is 17.2 Å². The van der Waals surface area contributed by atoms with Gasteiger partial charge in [-0.05, 0) is 39.0 Å². The molecule has 1 aromatic rings. The van der Waals surface area contributed by atoms with Crippen LogP contribution < -0.4 is 0 Å². The summed E-state index contributed by atoms with van der Waals surface area (Å²) in [7, 11) is -1.65. The topological polar surface area (TPSA) is 29.4 Å². The van der Waals surface area contributed by atoms with Crippen molar-refractivity contribution >= 4 is 17.2 Å². The van der Waals surface area contributed by atoms with Crippen molar-refractivity contribution in [3.05, 3.63) is 35.1 Å². The normalized spacial score (nSPS) is 14.9. The van der Waals surface area contributed by atoms with Crippen molar-refractivity contribution in [2.45, 2.75) is 31.7 Å². The van der Waals surface area contributed by atoms with E-state index in [2.05, 4.69) is 4.40 Å². The van der Waals surface area contributed by atoms with E-state index >= 15 is 0 Å². The molecule has 106 valence electrons. The number of hydrogen-bond acceptors (Lipinski definition) is 1. The smallest absolute Gasteiger partial charge is 0.234 e. The Morgan fingerprint density at radius 2 is 1.79 bits per heavy atom. The molecule has 1 aromatic carbocycles. The van der Waals surface area contributed by atoms with Gasteiger partial charge in [0.15, 0.2) is 0 Å². The summed E-state index contributed by atoms with van der Waals surface area (Å²) in [5, 5.41) is 0. The maximum Gasteiger partial charge on any atom is 0.416 e. The van der Waals surface area contributed by atoms with Gasteiger partial charge in [0.2, 0.25) is 0 Å². The highest BCUT2D eigenvalue weighted by Gasteiger charge is 2.31. The molecule has 0 aliphatic heterocycles. The van der Waals surface area contributed by atoms with E-state index in [0.29, 0.717) is 18.2 Å². The van der Waals surface area contributed by atoms with Crippen molar-refractivity contribution in [2.24, 2.45) is 4.40 Å². The molecule has 1 rings (SSSR count). The van der Waals surface area contributed by atoms with Gasteiger partial charge in [-0.25, -0.2) is 8.60 Å². The van der Waals surface area contributed by atoms with E-state index in [-0.39, 0.29) is 5.56 Å². The van der Waals surface area contributed by atoms with Crippen molar-refractivity contribution in [2.75, 3.05) is 0 Å². The van der Waals surface area contributed by atoms with Crippen molar-refractivity contribution < 1.29 is 21.8 Å². The number of rotatable bonds is 2. The highest BCUT2D eigenvalue weighted by atomic mass is 32.2. The summed E-state index contributed by atoms with van der Waals surface area (Å²) >= 11 is 0. The van der Waals surface area contributed by atoms with Crippen LogP contribution in [0.5, 0.6) is 0 Å². The Bertz CT molecular complexity index is 517. The van der Waals surface area contributed by atoms with Crippen LogP contribution in [0.15, 0.2) is 22.6 Å². The highest BCUT2D eigenvalue weighted by Crippen LogP contribution is 2.30. The summed E-state index contributed by atoms with van der Waals surface area (Å²) < 4.78 is 65.3. The maximum atomic E-state index is 13.3. The van der Waals surface area contributed by atoms with Gasteiger partial charge in [-0.3, -0.25) is 0 Å². The molecule has 0 N–H and O–H groups in total. The van der Waals surface area contributed by atoms with Crippen molar-refractivity contribution in [3.8, 4) is 0 Å². The second-order valence-corrected chi connectivity index (χ2v) is 6.76. The molecule has 7 heteroatoms. The summed E-state index contributed by atoms with van der Waals surface area (Å²) in [4.78, 5) is 0. The van der Waals surface area contributed by atoms with Crippen molar-refractivity contribution in [1.29, 1.82) is 0 Å². The zero-order chi connectivity index (χ0) is 14.8. The number of benzene rings is 1. The first-order chi connectivity index (χ1) is 8.51. The first-order valence-electron chi connectivity index (χ1n) is 5.34. The average Bonchev–Trinajstić information content (AvgIpc) is 2.24. The van der Waals surface area contributed by atoms with Crippen LogP contribution in [0.3, 0.4) is 0 Å². The first kappa shape index (κ1) is 15.8. The second kappa shape index (κ2) is 5.40. The van der Waals surface area contributed by atoms with E-state index in [1.54, 1.807) is 20.8 Å². The van der Waals surface area contributed by atoms with Crippen LogP contribution in [0.4, 0.5) is 17.6 Å². The molecule has 2 nitrogen and oxygen atoms in total. The van der Waals surface area contributed by atoms with Gasteiger partial charge in [-0.2, -0.15) is 17.6 Å². The molecule has 0 spiro atoms. The summed E-state index contributed by atoms with van der Waals surface area (Å²) in [6, 6.07) is 2.00. The number of halogens is 4. The third kappa shape index (κ3) is 4.41. The van der Waals surface area contributed by atoms with Gasteiger partial charge in [0.05, 0.1) is 10.3 Å². The highest BCUT2D eigenvalue weighted by molar-refractivity contribution is 7.85. The predicted octanol–water partition coefficient (Wildman–Crippen LogP) is 3.73. The number of alkyl halides is 3. The van der Waals surface area contributed by atoms with Gasteiger partial charge < -0.3 is 0 Å². The minimum absolute atomic E-state index is 0.340. The van der Waals surface area contributed by atoms with Gasteiger partial charge in [-0.15, -0.1) is 0 Å². The summed E-state index contributed by atoms with van der Waals surface area (Å²) in [6.45, 7) is 4.97. The molecule has 0 unspecified atom stereocenters. The molecule has 0 saturated heterocycles. The van der Waals surface area contributed by atoms with Crippen molar-refractivity contribution in [3.63, 3.8) is 0 Å². The fraction of sp³-hybridized carbons (Fsp3) is 0.417. The fourth-order valence-corrected chi connectivity index (χ4v) is 1.61. The largest absolute Gasteiger partial charge is 0.416 e. The molecule has 0 aliphatic carbocycles. The van der Waals surface area contributed by atoms with Gasteiger partial charge in [0.1, 0.15) is 16.8 Å². The lowest BCUT2D eigenvalue weighted by Crippen LogP contribution is -2.19. The zero-order valence-corrected chi connectivity index (χ0v) is 11.4. The average molecular weight is 295 g/mol. The zero-order valence-electron chi connectivity index (χ0n) is 10.6. The quantitative estimate of drug-likeness (QED) is 0.604. The van der Waals surface area contributed by atoms with E-state index in [4.69, 9.17) is 0 Å². The Morgan fingerprint density at radius 1 is 1.21 bits per heavy atom. The molecule has 0 aliphatic rings. The van der Waals surface area contributed by atoms with Crippen LogP contribution in [0.25, 0.3) is 0 Å². The molecule has 0 radical (unpaired) electrons. The van der Waals surface area contributed by atoms with Crippen LogP contribution in [0.1, 0.15) is 31.9 Å². The molecule has 0 fully saturated rings. The monoisotopic (exact) mass is 295 g/mol. The standard InChI is InChI=1S/C12H13F4NOS/c1-11(2,3)19(18)17-7-8-6-9(12(14,15)16)4-5-10(8)13/h4-7H,1-3H3/t19-/m1/s1. The Morgan fingerprint density at radius 3 is 2.26 bits per heavy atom. The Balaban J connectivity index is 3.08. The van der Waals surface area contributed by atoms with Gasteiger partial charge in [0.25, 0.3) is 0 Å². The third-order valence-electron chi connectivity index (χ3n) is 2.13. The molecule has 1 atom stereocenters.